The number of hydrogen-bond donors (Lipinski definition) is 2. The van der Waals surface area contributed by atoms with Crippen molar-refractivity contribution in [2.75, 3.05) is 18.1 Å². The Bertz CT molecular complexity index is 436. The molecule has 92 valence electrons. The first-order valence-corrected chi connectivity index (χ1v) is 6.66. The van der Waals surface area contributed by atoms with Gasteiger partial charge in [0, 0.05) is 24.1 Å². The summed E-state index contributed by atoms with van der Waals surface area (Å²) in [6.45, 7) is 2.67. The molecule has 4 nitrogen and oxygen atoms in total. The molecule has 0 bridgehead atoms. The molecule has 0 aromatic heterocycles. The first-order valence-electron chi connectivity index (χ1n) is 5.50. The molecule has 1 saturated heterocycles. The molecular weight excluding hydrogens is 238 g/mol. The molecule has 2 N–H and O–H groups in total. The predicted molar refractivity (Wildman–Crippen MR) is 67.6 cm³/mol. The Labute approximate surface area is 104 Å². The molecule has 0 radical (unpaired) electrons. The maximum atomic E-state index is 12.2. The van der Waals surface area contributed by atoms with Crippen LogP contribution in [0.1, 0.15) is 17.3 Å². The molecule has 1 aliphatic heterocycles. The first kappa shape index (κ1) is 12.1. The molecule has 1 heterocycles. The number of rotatable bonds is 1. The van der Waals surface area contributed by atoms with Crippen LogP contribution in [-0.4, -0.2) is 45.1 Å². The van der Waals surface area contributed by atoms with E-state index in [2.05, 4.69) is 0 Å². The molecule has 1 unspecified atom stereocenters. The summed E-state index contributed by atoms with van der Waals surface area (Å²) in [6, 6.07) is 4.17. The number of thioether (sulfide) groups is 1. The van der Waals surface area contributed by atoms with Gasteiger partial charge in [-0.15, -0.1) is 0 Å². The van der Waals surface area contributed by atoms with Gasteiger partial charge in [0.2, 0.25) is 0 Å². The minimum Gasteiger partial charge on any atom is -0.508 e. The van der Waals surface area contributed by atoms with Crippen molar-refractivity contribution in [2.45, 2.75) is 13.0 Å². The summed E-state index contributed by atoms with van der Waals surface area (Å²) < 4.78 is 0. The van der Waals surface area contributed by atoms with Gasteiger partial charge in [0.1, 0.15) is 11.5 Å². The zero-order chi connectivity index (χ0) is 12.4. The van der Waals surface area contributed by atoms with E-state index in [1.165, 1.54) is 18.2 Å². The van der Waals surface area contributed by atoms with E-state index in [1.54, 1.807) is 4.90 Å². The summed E-state index contributed by atoms with van der Waals surface area (Å²) in [6.07, 6.45) is 0. The van der Waals surface area contributed by atoms with Gasteiger partial charge in [-0.05, 0) is 25.1 Å². The highest BCUT2D eigenvalue weighted by molar-refractivity contribution is 7.99. The van der Waals surface area contributed by atoms with Crippen molar-refractivity contribution in [1.82, 2.24) is 4.90 Å². The standard InChI is InChI=1S/C12H15NO3S/c1-8-7-17-5-4-13(8)12(16)10-6-9(14)2-3-11(10)15/h2-3,6,8,14-15H,4-5,7H2,1H3. The molecule has 0 saturated carbocycles. The molecule has 1 aromatic rings. The molecule has 5 heteroatoms. The molecule has 17 heavy (non-hydrogen) atoms. The van der Waals surface area contributed by atoms with Gasteiger partial charge in [-0.3, -0.25) is 4.79 Å². The maximum absolute atomic E-state index is 12.2. The lowest BCUT2D eigenvalue weighted by Gasteiger charge is -2.33. The van der Waals surface area contributed by atoms with Gasteiger partial charge in [-0.2, -0.15) is 11.8 Å². The van der Waals surface area contributed by atoms with Gasteiger partial charge in [-0.25, -0.2) is 0 Å². The third kappa shape index (κ3) is 2.49. The lowest BCUT2D eigenvalue weighted by molar-refractivity contribution is 0.0712. The van der Waals surface area contributed by atoms with Gasteiger partial charge in [-0.1, -0.05) is 0 Å². The monoisotopic (exact) mass is 253 g/mol. The number of hydrogen-bond acceptors (Lipinski definition) is 4. The minimum absolute atomic E-state index is 0.00909. The Morgan fingerprint density at radius 2 is 2.24 bits per heavy atom. The van der Waals surface area contributed by atoms with Crippen LogP contribution in [0.5, 0.6) is 11.5 Å². The summed E-state index contributed by atoms with van der Waals surface area (Å²) in [4.78, 5) is 14.0. The number of phenols is 2. The van der Waals surface area contributed by atoms with E-state index in [4.69, 9.17) is 0 Å². The average molecular weight is 253 g/mol. The van der Waals surface area contributed by atoms with Crippen LogP contribution in [0.3, 0.4) is 0 Å². The van der Waals surface area contributed by atoms with Crippen LogP contribution >= 0.6 is 11.8 Å². The number of carbonyl (C=O) groups excluding carboxylic acids is 1. The van der Waals surface area contributed by atoms with Gasteiger partial charge in [0.25, 0.3) is 5.91 Å². The summed E-state index contributed by atoms with van der Waals surface area (Å²) in [5.74, 6) is 1.51. The van der Waals surface area contributed by atoms with Crippen molar-refractivity contribution in [3.05, 3.63) is 23.8 Å². The van der Waals surface area contributed by atoms with E-state index >= 15 is 0 Å². The fourth-order valence-corrected chi connectivity index (χ4v) is 2.89. The Morgan fingerprint density at radius 3 is 2.94 bits per heavy atom. The van der Waals surface area contributed by atoms with Gasteiger partial charge in [0.05, 0.1) is 5.56 Å². The van der Waals surface area contributed by atoms with E-state index in [1.807, 2.05) is 18.7 Å². The van der Waals surface area contributed by atoms with Crippen LogP contribution in [0.25, 0.3) is 0 Å². The highest BCUT2D eigenvalue weighted by Gasteiger charge is 2.26. The number of aromatic hydroxyl groups is 2. The number of benzene rings is 1. The normalized spacial score (nSPS) is 20.3. The van der Waals surface area contributed by atoms with Crippen LogP contribution in [0.15, 0.2) is 18.2 Å². The largest absolute Gasteiger partial charge is 0.508 e. The SMILES string of the molecule is CC1CSCCN1C(=O)c1cc(O)ccc1O. The van der Waals surface area contributed by atoms with E-state index < -0.39 is 0 Å². The molecule has 1 aliphatic rings. The van der Waals surface area contributed by atoms with Crippen molar-refractivity contribution in [3.63, 3.8) is 0 Å². The van der Waals surface area contributed by atoms with Gasteiger partial charge in [0.15, 0.2) is 0 Å². The zero-order valence-electron chi connectivity index (χ0n) is 9.59. The summed E-state index contributed by atoms with van der Waals surface area (Å²) in [7, 11) is 0. The Kier molecular flexibility index (Phi) is 3.47. The van der Waals surface area contributed by atoms with Crippen LogP contribution in [0, 0.1) is 0 Å². The highest BCUT2D eigenvalue weighted by Crippen LogP contribution is 2.26. The lowest BCUT2D eigenvalue weighted by atomic mass is 10.1. The molecule has 1 amide bonds. The summed E-state index contributed by atoms with van der Waals surface area (Å²) >= 11 is 1.82. The zero-order valence-corrected chi connectivity index (χ0v) is 10.4. The molecule has 1 atom stereocenters. The molecule has 1 aromatic carbocycles. The fraction of sp³-hybridized carbons (Fsp3) is 0.417. The van der Waals surface area contributed by atoms with Crippen molar-refractivity contribution in [1.29, 1.82) is 0 Å². The van der Waals surface area contributed by atoms with E-state index in [9.17, 15) is 15.0 Å². The van der Waals surface area contributed by atoms with Crippen molar-refractivity contribution in [2.24, 2.45) is 0 Å². The number of amides is 1. The molecule has 0 spiro atoms. The second-order valence-corrected chi connectivity index (χ2v) is 5.27. The van der Waals surface area contributed by atoms with E-state index in [0.29, 0.717) is 6.54 Å². The number of phenolic OH excluding ortho intramolecular Hbond substituents is 2. The fourth-order valence-electron chi connectivity index (χ4n) is 1.88. The predicted octanol–water partition coefficient (Wildman–Crippen LogP) is 1.68. The Morgan fingerprint density at radius 1 is 1.47 bits per heavy atom. The van der Waals surface area contributed by atoms with Crippen LogP contribution in [0.2, 0.25) is 0 Å². The van der Waals surface area contributed by atoms with Crippen molar-refractivity contribution in [3.8, 4) is 11.5 Å². The Balaban J connectivity index is 2.26. The third-order valence-electron chi connectivity index (χ3n) is 2.84. The molecule has 2 rings (SSSR count). The summed E-state index contributed by atoms with van der Waals surface area (Å²) in [5.41, 5.74) is 0.170. The van der Waals surface area contributed by atoms with Crippen LogP contribution in [-0.2, 0) is 0 Å². The van der Waals surface area contributed by atoms with Crippen LogP contribution in [0.4, 0.5) is 0 Å². The van der Waals surface area contributed by atoms with E-state index in [-0.39, 0.29) is 29.0 Å². The molecule has 1 fully saturated rings. The number of nitrogens with zero attached hydrogens (tertiary/aromatic N) is 1. The topological polar surface area (TPSA) is 60.8 Å². The maximum Gasteiger partial charge on any atom is 0.258 e. The van der Waals surface area contributed by atoms with Gasteiger partial charge >= 0.3 is 0 Å². The second-order valence-electron chi connectivity index (χ2n) is 4.12. The quantitative estimate of drug-likeness (QED) is 0.747. The summed E-state index contributed by atoms with van der Waals surface area (Å²) in [5, 5.41) is 19.0. The Hall–Kier alpha value is -1.36. The third-order valence-corrected chi connectivity index (χ3v) is 4.03. The smallest absolute Gasteiger partial charge is 0.258 e. The minimum atomic E-state index is -0.216. The van der Waals surface area contributed by atoms with Gasteiger partial charge < -0.3 is 15.1 Å². The average Bonchev–Trinajstić information content (AvgIpc) is 2.32. The second kappa shape index (κ2) is 4.87. The molecular formula is C12H15NO3S. The van der Waals surface area contributed by atoms with Crippen molar-refractivity contribution < 1.29 is 15.0 Å². The van der Waals surface area contributed by atoms with E-state index in [0.717, 1.165) is 11.5 Å². The van der Waals surface area contributed by atoms with Crippen molar-refractivity contribution >= 4 is 17.7 Å². The first-order chi connectivity index (χ1) is 8.09. The lowest BCUT2D eigenvalue weighted by Crippen LogP contribution is -2.44. The molecule has 0 aliphatic carbocycles. The highest BCUT2D eigenvalue weighted by atomic mass is 32.2. The number of carbonyl (C=O) groups is 1. The van der Waals surface area contributed by atoms with Crippen LogP contribution < -0.4 is 0 Å².